The van der Waals surface area contributed by atoms with E-state index in [1.54, 1.807) is 4.90 Å². The van der Waals surface area contributed by atoms with E-state index in [1.807, 2.05) is 96.5 Å². The Bertz CT molecular complexity index is 1320. The molecule has 0 aliphatic carbocycles. The minimum Gasteiger partial charge on any atom is -0.342 e. The van der Waals surface area contributed by atoms with Crippen LogP contribution in [0.15, 0.2) is 84.9 Å². The lowest BCUT2D eigenvalue weighted by Gasteiger charge is -2.33. The predicted molar refractivity (Wildman–Crippen MR) is 137 cm³/mol. The van der Waals surface area contributed by atoms with Gasteiger partial charge in [0.15, 0.2) is 0 Å². The molecule has 1 aromatic heterocycles. The zero-order valence-electron chi connectivity index (χ0n) is 19.7. The van der Waals surface area contributed by atoms with Crippen LogP contribution in [0.1, 0.15) is 30.3 Å². The van der Waals surface area contributed by atoms with Crippen molar-refractivity contribution in [3.05, 3.63) is 96.3 Å². The lowest BCUT2D eigenvalue weighted by Crippen LogP contribution is -2.47. The number of fused-ring (bicyclic) bond motifs is 1. The molecule has 4 aromatic rings. The van der Waals surface area contributed by atoms with Gasteiger partial charge in [-0.05, 0) is 42.7 Å². The van der Waals surface area contributed by atoms with Crippen molar-refractivity contribution >= 4 is 28.7 Å². The van der Waals surface area contributed by atoms with Crippen molar-refractivity contribution in [2.24, 2.45) is 13.0 Å². The lowest BCUT2D eigenvalue weighted by molar-refractivity contribution is -0.126. The summed E-state index contributed by atoms with van der Waals surface area (Å²) in [5.41, 5.74) is 3.62. The second-order valence-electron chi connectivity index (χ2n) is 8.95. The highest BCUT2D eigenvalue weighted by atomic mass is 16.2. The van der Waals surface area contributed by atoms with E-state index in [-0.39, 0.29) is 17.9 Å². The topological polar surface area (TPSA) is 79.3 Å². The van der Waals surface area contributed by atoms with Gasteiger partial charge in [-0.2, -0.15) is 0 Å². The van der Waals surface area contributed by atoms with Gasteiger partial charge < -0.3 is 20.1 Å². The molecule has 1 aliphatic rings. The van der Waals surface area contributed by atoms with E-state index >= 15 is 0 Å². The van der Waals surface area contributed by atoms with Crippen molar-refractivity contribution < 1.29 is 9.59 Å². The first-order valence-electron chi connectivity index (χ1n) is 12.0. The second-order valence-corrected chi connectivity index (χ2v) is 8.95. The number of carbonyl (C=O) groups is 2. The van der Waals surface area contributed by atoms with Crippen molar-refractivity contribution in [3.8, 4) is 0 Å². The first kappa shape index (κ1) is 22.7. The zero-order valence-corrected chi connectivity index (χ0v) is 19.7. The molecule has 7 nitrogen and oxygen atoms in total. The van der Waals surface area contributed by atoms with Gasteiger partial charge in [-0.3, -0.25) is 4.79 Å². The van der Waals surface area contributed by atoms with Crippen molar-refractivity contribution in [1.29, 1.82) is 0 Å². The number of likely N-dealkylation sites (tertiary alicyclic amines) is 1. The number of piperidine rings is 1. The summed E-state index contributed by atoms with van der Waals surface area (Å²) in [4.78, 5) is 32.9. The standard InChI is InChI=1S/C28H29N5O2/c1-32-24-17-9-8-16-23(24)30-26(32)25(20-11-4-2-5-12-20)31-27(34)21-13-10-18-33(19-21)28(35)29-22-14-6-3-7-15-22/h2-9,11-12,14-17,21,25H,10,13,18-19H2,1H3,(H,29,35)(H,31,34). The highest BCUT2D eigenvalue weighted by Crippen LogP contribution is 2.26. The summed E-state index contributed by atoms with van der Waals surface area (Å²) < 4.78 is 2.04. The van der Waals surface area contributed by atoms with Gasteiger partial charge in [-0.1, -0.05) is 60.7 Å². The van der Waals surface area contributed by atoms with E-state index in [0.717, 1.165) is 41.0 Å². The number of aromatic nitrogens is 2. The van der Waals surface area contributed by atoms with E-state index in [9.17, 15) is 9.59 Å². The number of carbonyl (C=O) groups excluding carboxylic acids is 2. The number of hydrogen-bond donors (Lipinski definition) is 2. The molecule has 35 heavy (non-hydrogen) atoms. The average Bonchev–Trinajstić information content (AvgIpc) is 3.24. The molecule has 5 rings (SSSR count). The Hall–Kier alpha value is -4.13. The third-order valence-corrected chi connectivity index (χ3v) is 6.60. The minimum atomic E-state index is -0.394. The maximum Gasteiger partial charge on any atom is 0.321 e. The van der Waals surface area contributed by atoms with Gasteiger partial charge in [0.1, 0.15) is 11.9 Å². The lowest BCUT2D eigenvalue weighted by atomic mass is 9.96. The van der Waals surface area contributed by atoms with E-state index in [1.165, 1.54) is 0 Å². The molecule has 3 aromatic carbocycles. The van der Waals surface area contributed by atoms with E-state index in [2.05, 4.69) is 10.6 Å². The maximum atomic E-state index is 13.5. The second kappa shape index (κ2) is 10.0. The Morgan fingerprint density at radius 1 is 0.943 bits per heavy atom. The molecule has 0 bridgehead atoms. The molecule has 2 unspecified atom stereocenters. The number of urea groups is 1. The first-order valence-corrected chi connectivity index (χ1v) is 12.0. The van der Waals surface area contributed by atoms with Gasteiger partial charge in [-0.15, -0.1) is 0 Å². The van der Waals surface area contributed by atoms with Gasteiger partial charge in [0.2, 0.25) is 5.91 Å². The average molecular weight is 468 g/mol. The summed E-state index contributed by atoms with van der Waals surface area (Å²) in [6.07, 6.45) is 1.52. The summed E-state index contributed by atoms with van der Waals surface area (Å²) in [6.45, 7) is 1.02. The fourth-order valence-corrected chi connectivity index (χ4v) is 4.72. The van der Waals surface area contributed by atoms with Crippen LogP contribution in [0.4, 0.5) is 10.5 Å². The summed E-state index contributed by atoms with van der Waals surface area (Å²) in [5.74, 6) is 0.425. The summed E-state index contributed by atoms with van der Waals surface area (Å²) >= 11 is 0. The minimum absolute atomic E-state index is 0.0666. The number of benzene rings is 3. The largest absolute Gasteiger partial charge is 0.342 e. The van der Waals surface area contributed by atoms with Gasteiger partial charge in [0.05, 0.1) is 17.0 Å². The van der Waals surface area contributed by atoms with Crippen LogP contribution < -0.4 is 10.6 Å². The molecule has 1 aliphatic heterocycles. The molecule has 2 N–H and O–H groups in total. The number of amides is 3. The van der Waals surface area contributed by atoms with E-state index < -0.39 is 6.04 Å². The number of rotatable bonds is 5. The Balaban J connectivity index is 1.35. The quantitative estimate of drug-likeness (QED) is 0.446. The fourth-order valence-electron chi connectivity index (χ4n) is 4.72. The third-order valence-electron chi connectivity index (χ3n) is 6.60. The Morgan fingerprint density at radius 3 is 2.37 bits per heavy atom. The van der Waals surface area contributed by atoms with E-state index in [0.29, 0.717) is 13.1 Å². The van der Waals surface area contributed by atoms with Crippen LogP contribution in [-0.2, 0) is 11.8 Å². The highest BCUT2D eigenvalue weighted by Gasteiger charge is 2.31. The summed E-state index contributed by atoms with van der Waals surface area (Å²) in [6, 6.07) is 26.7. The van der Waals surface area contributed by atoms with Crippen LogP contribution in [0.3, 0.4) is 0 Å². The monoisotopic (exact) mass is 467 g/mol. The normalized spacial score (nSPS) is 16.6. The van der Waals surface area contributed by atoms with Gasteiger partial charge in [0, 0.05) is 25.8 Å². The fraction of sp³-hybridized carbons (Fsp3) is 0.250. The van der Waals surface area contributed by atoms with Gasteiger partial charge in [0.25, 0.3) is 0 Å². The molecule has 0 spiro atoms. The zero-order chi connectivity index (χ0) is 24.2. The highest BCUT2D eigenvalue weighted by molar-refractivity contribution is 5.90. The van der Waals surface area contributed by atoms with Crippen molar-refractivity contribution in [2.45, 2.75) is 18.9 Å². The Morgan fingerprint density at radius 2 is 1.63 bits per heavy atom. The van der Waals surface area contributed by atoms with Crippen LogP contribution in [0.25, 0.3) is 11.0 Å². The number of hydrogen-bond acceptors (Lipinski definition) is 3. The third kappa shape index (κ3) is 4.89. The van der Waals surface area contributed by atoms with Crippen molar-refractivity contribution in [1.82, 2.24) is 19.8 Å². The molecule has 1 fully saturated rings. The molecule has 2 heterocycles. The number of anilines is 1. The molecule has 0 radical (unpaired) electrons. The number of aryl methyl sites for hydroxylation is 1. The van der Waals surface area contributed by atoms with Gasteiger partial charge >= 0.3 is 6.03 Å². The molecule has 0 saturated carbocycles. The predicted octanol–water partition coefficient (Wildman–Crippen LogP) is 4.72. The number of nitrogens with zero attached hydrogens (tertiary/aromatic N) is 3. The van der Waals surface area contributed by atoms with E-state index in [4.69, 9.17) is 4.98 Å². The summed E-state index contributed by atoms with van der Waals surface area (Å²) in [5, 5.41) is 6.18. The molecular formula is C28H29N5O2. The Labute approximate surface area is 204 Å². The van der Waals surface area contributed by atoms with Crippen LogP contribution in [0, 0.1) is 5.92 Å². The SMILES string of the molecule is Cn1c(C(NC(=O)C2CCCN(C(=O)Nc3ccccc3)C2)c2ccccc2)nc2ccccc21. The Kier molecular flexibility index (Phi) is 6.48. The maximum absolute atomic E-state index is 13.5. The van der Waals surface area contributed by atoms with Crippen LogP contribution >= 0.6 is 0 Å². The van der Waals surface area contributed by atoms with Crippen LogP contribution in [-0.4, -0.2) is 39.5 Å². The smallest absolute Gasteiger partial charge is 0.321 e. The molecule has 1 saturated heterocycles. The van der Waals surface area contributed by atoms with Crippen LogP contribution in [0.5, 0.6) is 0 Å². The van der Waals surface area contributed by atoms with Crippen LogP contribution in [0.2, 0.25) is 0 Å². The summed E-state index contributed by atoms with van der Waals surface area (Å²) in [7, 11) is 1.98. The molecule has 2 atom stereocenters. The first-order chi connectivity index (χ1) is 17.1. The molecular weight excluding hydrogens is 438 g/mol. The van der Waals surface area contributed by atoms with Crippen molar-refractivity contribution in [2.75, 3.05) is 18.4 Å². The van der Waals surface area contributed by atoms with Gasteiger partial charge in [-0.25, -0.2) is 9.78 Å². The van der Waals surface area contributed by atoms with Crippen molar-refractivity contribution in [3.63, 3.8) is 0 Å². The molecule has 3 amide bonds. The molecule has 7 heteroatoms. The molecule has 178 valence electrons. The number of nitrogens with one attached hydrogen (secondary N) is 2. The number of imidazole rings is 1. The number of para-hydroxylation sites is 3.